The van der Waals surface area contributed by atoms with Gasteiger partial charge in [-0.05, 0) is 41.5 Å². The minimum Gasteiger partial charge on any atom is -0.471 e. The number of halogens is 2. The van der Waals surface area contributed by atoms with Crippen molar-refractivity contribution in [2.75, 3.05) is 0 Å². The Morgan fingerprint density at radius 2 is 0.913 bits per heavy atom. The van der Waals surface area contributed by atoms with Crippen LogP contribution in [0.2, 0.25) is 0 Å². The first-order valence-electron chi connectivity index (χ1n) is 12.9. The number of fused-ring (bicyclic) bond motifs is 2. The summed E-state index contributed by atoms with van der Waals surface area (Å²) in [6.45, 7) is 9.66. The second-order valence-corrected chi connectivity index (χ2v) is 16.1. The predicted molar refractivity (Wildman–Crippen MR) is 164 cm³/mol. The Hall–Kier alpha value is -3.88. The monoisotopic (exact) mass is 712 g/mol. The smallest absolute Gasteiger partial charge is 0.362 e. The Balaban J connectivity index is 1.61. The summed E-state index contributed by atoms with van der Waals surface area (Å²) in [6.07, 6.45) is 0. The molecule has 0 spiro atoms. The van der Waals surface area contributed by atoms with E-state index in [1.807, 2.05) is 0 Å². The number of aliphatic imine (C=N–C) groups is 2. The summed E-state index contributed by atoms with van der Waals surface area (Å²) >= 11 is 2.54. The first-order valence-corrected chi connectivity index (χ1v) is 16.1. The van der Waals surface area contributed by atoms with Gasteiger partial charge in [-0.15, -0.1) is 0 Å². The molecule has 1 aromatic rings. The molecule has 20 heteroatoms. The molecule has 0 radical (unpaired) electrons. The largest absolute Gasteiger partial charge is 0.471 e. The summed E-state index contributed by atoms with van der Waals surface area (Å²) in [5, 5.41) is 0. The van der Waals surface area contributed by atoms with Gasteiger partial charge in [-0.2, -0.15) is 19.8 Å². The fourth-order valence-electron chi connectivity index (χ4n) is 4.02. The van der Waals surface area contributed by atoms with Crippen LogP contribution in [-0.4, -0.2) is 68.7 Å². The zero-order valence-corrected chi connectivity index (χ0v) is 27.9. The minimum absolute atomic E-state index is 0.0390. The molecule has 0 fully saturated rings. The number of rotatable bonds is 0. The lowest BCUT2D eigenvalue weighted by molar-refractivity contribution is -0.122. The van der Waals surface area contributed by atoms with Crippen LogP contribution in [-0.2, 0) is 19.1 Å². The van der Waals surface area contributed by atoms with Crippen LogP contribution in [0.3, 0.4) is 0 Å². The lowest BCUT2D eigenvalue weighted by atomic mass is 10.1. The summed E-state index contributed by atoms with van der Waals surface area (Å²) in [5.74, 6) is -5.13. The molecule has 4 aliphatic rings. The summed E-state index contributed by atoms with van der Waals surface area (Å²) in [6, 6.07) is -5.39. The molecule has 4 N–H and O–H groups in total. The van der Waals surface area contributed by atoms with E-state index < -0.39 is 81.7 Å². The molecule has 0 unspecified atom stereocenters. The van der Waals surface area contributed by atoms with Crippen molar-refractivity contribution < 1.29 is 47.0 Å². The van der Waals surface area contributed by atoms with Crippen molar-refractivity contribution in [2.45, 2.75) is 72.3 Å². The fourth-order valence-corrected chi connectivity index (χ4v) is 9.32. The van der Waals surface area contributed by atoms with Gasteiger partial charge in [-0.1, -0.05) is 47.0 Å². The molecule has 0 saturated heterocycles. The highest BCUT2D eigenvalue weighted by molar-refractivity contribution is 8.25. The number of amides is 10. The van der Waals surface area contributed by atoms with Crippen LogP contribution >= 0.6 is 47.0 Å². The number of benzene rings is 1. The van der Waals surface area contributed by atoms with Crippen molar-refractivity contribution >= 4 is 94.8 Å². The van der Waals surface area contributed by atoms with E-state index in [2.05, 4.69) is 9.98 Å². The number of nitrogens with two attached hydrogens (primary N) is 2. The van der Waals surface area contributed by atoms with Gasteiger partial charge < -0.3 is 20.9 Å². The highest BCUT2D eigenvalue weighted by Crippen LogP contribution is 2.63. The van der Waals surface area contributed by atoms with Gasteiger partial charge >= 0.3 is 24.1 Å². The first-order chi connectivity index (χ1) is 21.2. The molecule has 0 aliphatic carbocycles. The Kier molecular flexibility index (Phi) is 8.31. The molecule has 5 rings (SSSR count). The van der Waals surface area contributed by atoms with Crippen molar-refractivity contribution in [1.82, 2.24) is 9.80 Å². The number of thioether (sulfide) groups is 4. The molecule has 46 heavy (non-hydrogen) atoms. The molecule has 0 bridgehead atoms. The number of primary amides is 2. The average Bonchev–Trinajstić information content (AvgIpc) is 3.50. The summed E-state index contributed by atoms with van der Waals surface area (Å²) < 4.78 is 43.6. The van der Waals surface area contributed by atoms with Crippen molar-refractivity contribution in [3.8, 4) is 0 Å². The van der Waals surface area contributed by atoms with E-state index in [9.17, 15) is 28.8 Å². The van der Waals surface area contributed by atoms with Gasteiger partial charge in [0.05, 0.1) is 28.1 Å². The Labute approximate surface area is 275 Å². The van der Waals surface area contributed by atoms with E-state index in [1.165, 1.54) is 0 Å². The Morgan fingerprint density at radius 1 is 0.630 bits per heavy atom. The van der Waals surface area contributed by atoms with Gasteiger partial charge in [0.15, 0.2) is 11.6 Å². The number of ether oxygens (including phenoxy) is 2. The van der Waals surface area contributed by atoms with E-state index in [4.69, 9.17) is 20.9 Å². The number of carbonyl (C=O) groups is 6. The second-order valence-electron chi connectivity index (χ2n) is 11.5. The summed E-state index contributed by atoms with van der Waals surface area (Å²) in [7, 11) is 0. The number of imide groups is 6. The van der Waals surface area contributed by atoms with E-state index in [0.29, 0.717) is 47.0 Å². The van der Waals surface area contributed by atoms with Gasteiger partial charge in [0.2, 0.25) is 11.8 Å². The van der Waals surface area contributed by atoms with Crippen LogP contribution in [0.15, 0.2) is 49.2 Å². The van der Waals surface area contributed by atoms with Gasteiger partial charge in [-0.25, -0.2) is 28.0 Å². The molecule has 10 amide bonds. The van der Waals surface area contributed by atoms with E-state index >= 15 is 8.78 Å². The van der Waals surface area contributed by atoms with Crippen molar-refractivity contribution in [3.05, 3.63) is 31.3 Å². The SMILES string of the molecule is CC(C)(C)OC1=NC(=O)N(C(N)=O)C(=O)C1=C1Sc2c(F)c3c(c(F)c2S1)SC(=C1C(=O)N(C(N)=O)C(=O)N=C1OC(C)(C)C)S3. The number of hydrogen-bond donors (Lipinski definition) is 2. The first kappa shape index (κ1) is 33.5. The van der Waals surface area contributed by atoms with Crippen LogP contribution in [0.4, 0.5) is 28.0 Å². The molecule has 1 aromatic carbocycles. The molecular weight excluding hydrogens is 691 g/mol. The van der Waals surface area contributed by atoms with Crippen LogP contribution in [0.1, 0.15) is 41.5 Å². The maximum Gasteiger partial charge on any atom is 0.362 e. The Bertz CT molecular complexity index is 1670. The predicted octanol–water partition coefficient (Wildman–Crippen LogP) is 5.29. The quantitative estimate of drug-likeness (QED) is 0.329. The normalized spacial score (nSPS) is 18.6. The van der Waals surface area contributed by atoms with Gasteiger partial charge in [0, 0.05) is 0 Å². The van der Waals surface area contributed by atoms with Gasteiger partial charge in [0.1, 0.15) is 22.3 Å². The van der Waals surface area contributed by atoms with Crippen LogP contribution in [0.5, 0.6) is 0 Å². The zero-order chi connectivity index (χ0) is 34.2. The molecule has 0 atom stereocenters. The molecule has 242 valence electrons. The molecule has 4 aliphatic heterocycles. The highest BCUT2D eigenvalue weighted by atomic mass is 32.2. The average molecular weight is 713 g/mol. The van der Waals surface area contributed by atoms with Crippen LogP contribution in [0, 0.1) is 11.6 Å². The molecule has 4 heterocycles. The third kappa shape index (κ3) is 5.89. The lowest BCUT2D eigenvalue weighted by Gasteiger charge is -2.28. The van der Waals surface area contributed by atoms with Gasteiger partial charge in [0.25, 0.3) is 11.8 Å². The van der Waals surface area contributed by atoms with E-state index in [0.717, 1.165) is 0 Å². The van der Waals surface area contributed by atoms with E-state index in [1.54, 1.807) is 41.5 Å². The zero-order valence-electron chi connectivity index (χ0n) is 24.6. The fraction of sp³-hybridized carbons (Fsp3) is 0.308. The van der Waals surface area contributed by atoms with Gasteiger partial charge in [-0.3, -0.25) is 9.59 Å². The molecular formula is C26H22F2N6O8S4. The van der Waals surface area contributed by atoms with Crippen LogP contribution in [0.25, 0.3) is 0 Å². The maximum absolute atomic E-state index is 16.2. The van der Waals surface area contributed by atoms with Crippen LogP contribution < -0.4 is 11.5 Å². The maximum atomic E-state index is 16.2. The summed E-state index contributed by atoms with van der Waals surface area (Å²) in [4.78, 5) is 81.8. The molecule has 14 nitrogen and oxygen atoms in total. The van der Waals surface area contributed by atoms with Crippen molar-refractivity contribution in [3.63, 3.8) is 0 Å². The number of urea groups is 4. The number of hydrogen-bond acceptors (Lipinski definition) is 12. The highest BCUT2D eigenvalue weighted by Gasteiger charge is 2.46. The standard InChI is InChI=1S/C26H22F2N6O8S4/c1-25(2,3)41-15-7(17(35)33(21(29)37)23(39)31-15)19-43-11-9(27)13-14(10(28)12(11)44-19)46-20(45-13)8-16(42-26(4,5)6)32-24(40)34(18(8)36)22(30)38/h1-6H3,(H2,29,37)(H2,30,38). The lowest BCUT2D eigenvalue weighted by Crippen LogP contribution is -2.49. The summed E-state index contributed by atoms with van der Waals surface area (Å²) in [5.41, 5.74) is 7.70. The Morgan fingerprint density at radius 3 is 1.15 bits per heavy atom. The third-order valence-corrected chi connectivity index (χ3v) is 10.8. The third-order valence-electron chi connectivity index (χ3n) is 5.68. The van der Waals surface area contributed by atoms with Crippen molar-refractivity contribution in [1.29, 1.82) is 0 Å². The van der Waals surface area contributed by atoms with Crippen molar-refractivity contribution in [2.24, 2.45) is 21.5 Å². The number of nitrogens with zero attached hydrogens (tertiary/aromatic N) is 4. The second kappa shape index (κ2) is 11.4. The molecule has 0 aromatic heterocycles. The van der Waals surface area contributed by atoms with E-state index in [-0.39, 0.29) is 37.9 Å². The molecule has 0 saturated carbocycles. The topological polar surface area (TPSA) is 204 Å². The minimum atomic E-state index is -1.41. The number of carbonyl (C=O) groups excluding carboxylic acids is 6.